The molecule has 0 aliphatic rings. The number of carbonyl (C=O) groups is 1. The number of carbonyl (C=O) groups excluding carboxylic acids is 1. The van der Waals surface area contributed by atoms with E-state index < -0.39 is 34.2 Å². The molecule has 0 saturated carbocycles. The van der Waals surface area contributed by atoms with Crippen LogP contribution in [0.25, 0.3) is 0 Å². The lowest BCUT2D eigenvalue weighted by atomic mass is 10.2. The number of benzene rings is 2. The maximum Gasteiger partial charge on any atom is 0.416 e. The lowest BCUT2D eigenvalue weighted by Gasteiger charge is -2.25. The summed E-state index contributed by atoms with van der Waals surface area (Å²) in [6, 6.07) is 7.97. The van der Waals surface area contributed by atoms with Crippen LogP contribution in [-0.4, -0.2) is 28.0 Å². The number of hydrogen-bond acceptors (Lipinski definition) is 4. The molecule has 2 rings (SSSR count). The maximum absolute atomic E-state index is 13.1. The Kier molecular flexibility index (Phi) is 5.69. The Morgan fingerprint density at radius 3 is 2.41 bits per heavy atom. The third-order valence-electron chi connectivity index (χ3n) is 3.65. The van der Waals surface area contributed by atoms with E-state index >= 15 is 0 Å². The zero-order chi connectivity index (χ0) is 20.4. The number of rotatable bonds is 6. The Balaban J connectivity index is 2.67. The molecule has 0 unspecified atom stereocenters. The SMILES string of the molecule is COc1ccc(C)cc1S(=O)(=O)N(CC(N)=O)c1cccc(C(F)(F)F)c1. The summed E-state index contributed by atoms with van der Waals surface area (Å²) in [7, 11) is -3.18. The number of alkyl halides is 3. The van der Waals surface area contributed by atoms with Crippen molar-refractivity contribution in [2.75, 3.05) is 18.0 Å². The topological polar surface area (TPSA) is 89.7 Å². The minimum absolute atomic E-state index is 0.0120. The minimum atomic E-state index is -4.68. The quantitative estimate of drug-likeness (QED) is 0.805. The van der Waals surface area contributed by atoms with Gasteiger partial charge in [0.2, 0.25) is 5.91 Å². The normalized spacial score (nSPS) is 11.9. The van der Waals surface area contributed by atoms with Gasteiger partial charge in [0.25, 0.3) is 10.0 Å². The average molecular weight is 402 g/mol. The van der Waals surface area contributed by atoms with Crippen molar-refractivity contribution in [2.45, 2.75) is 18.0 Å². The molecule has 0 aliphatic heterocycles. The van der Waals surface area contributed by atoms with Gasteiger partial charge in [0.05, 0.1) is 18.4 Å². The van der Waals surface area contributed by atoms with Crippen molar-refractivity contribution in [3.8, 4) is 5.75 Å². The molecule has 0 atom stereocenters. The second-order valence-electron chi connectivity index (χ2n) is 5.68. The van der Waals surface area contributed by atoms with Crippen molar-refractivity contribution in [2.24, 2.45) is 5.73 Å². The summed E-state index contributed by atoms with van der Waals surface area (Å²) in [5.41, 5.74) is 4.32. The van der Waals surface area contributed by atoms with Gasteiger partial charge in [-0.25, -0.2) is 8.42 Å². The highest BCUT2D eigenvalue weighted by Crippen LogP contribution is 2.35. The van der Waals surface area contributed by atoms with E-state index in [9.17, 15) is 26.4 Å². The fraction of sp³-hybridized carbons (Fsp3) is 0.235. The summed E-state index contributed by atoms with van der Waals surface area (Å²) >= 11 is 0. The molecule has 27 heavy (non-hydrogen) atoms. The molecule has 0 fully saturated rings. The molecule has 2 aromatic rings. The van der Waals surface area contributed by atoms with Gasteiger partial charge in [-0.1, -0.05) is 12.1 Å². The third-order valence-corrected chi connectivity index (χ3v) is 5.44. The number of sulfonamides is 1. The van der Waals surface area contributed by atoms with Crippen LogP contribution in [0.2, 0.25) is 0 Å². The summed E-state index contributed by atoms with van der Waals surface area (Å²) in [6.45, 7) is 0.807. The largest absolute Gasteiger partial charge is 0.495 e. The second-order valence-corrected chi connectivity index (χ2v) is 7.51. The standard InChI is InChI=1S/C17H17F3N2O4S/c1-11-6-7-14(26-2)15(8-11)27(24,25)22(10-16(21)23)13-5-3-4-12(9-13)17(18,19)20/h3-9H,10H2,1-2H3,(H2,21,23). The number of nitrogens with two attached hydrogens (primary N) is 1. The average Bonchev–Trinajstić information content (AvgIpc) is 2.58. The second kappa shape index (κ2) is 7.47. The van der Waals surface area contributed by atoms with Crippen LogP contribution in [0.3, 0.4) is 0 Å². The van der Waals surface area contributed by atoms with Gasteiger partial charge in [-0.15, -0.1) is 0 Å². The first-order valence-electron chi connectivity index (χ1n) is 7.59. The Morgan fingerprint density at radius 2 is 1.85 bits per heavy atom. The number of nitrogens with zero attached hydrogens (tertiary/aromatic N) is 1. The van der Waals surface area contributed by atoms with E-state index in [1.54, 1.807) is 13.0 Å². The molecule has 6 nitrogen and oxygen atoms in total. The number of primary amides is 1. The molecule has 2 N–H and O–H groups in total. The summed E-state index contributed by atoms with van der Waals surface area (Å²) < 4.78 is 70.8. The van der Waals surface area contributed by atoms with E-state index in [2.05, 4.69) is 0 Å². The van der Waals surface area contributed by atoms with Crippen LogP contribution in [-0.2, 0) is 21.0 Å². The zero-order valence-corrected chi connectivity index (χ0v) is 15.3. The first-order chi connectivity index (χ1) is 12.5. The van der Waals surface area contributed by atoms with Crippen LogP contribution >= 0.6 is 0 Å². The van der Waals surface area contributed by atoms with Gasteiger partial charge in [0.1, 0.15) is 17.2 Å². The van der Waals surface area contributed by atoms with Gasteiger partial charge in [0.15, 0.2) is 0 Å². The molecular formula is C17H17F3N2O4S. The molecule has 0 aliphatic carbocycles. The Labute approximate surface area is 154 Å². The summed E-state index contributed by atoms with van der Waals surface area (Å²) in [5, 5.41) is 0. The highest BCUT2D eigenvalue weighted by molar-refractivity contribution is 7.93. The van der Waals surface area contributed by atoms with Crippen molar-refractivity contribution in [1.82, 2.24) is 0 Å². The lowest BCUT2D eigenvalue weighted by Crippen LogP contribution is -2.38. The van der Waals surface area contributed by atoms with Crippen LogP contribution in [0, 0.1) is 6.92 Å². The van der Waals surface area contributed by atoms with Gasteiger partial charge in [0, 0.05) is 0 Å². The van der Waals surface area contributed by atoms with Crippen molar-refractivity contribution in [3.05, 3.63) is 53.6 Å². The van der Waals surface area contributed by atoms with E-state index in [1.165, 1.54) is 19.2 Å². The molecule has 146 valence electrons. The van der Waals surface area contributed by atoms with Crippen molar-refractivity contribution < 1.29 is 31.1 Å². The molecule has 10 heteroatoms. The number of aryl methyl sites for hydroxylation is 1. The molecule has 0 radical (unpaired) electrons. The van der Waals surface area contributed by atoms with Gasteiger partial charge < -0.3 is 10.5 Å². The molecular weight excluding hydrogens is 385 g/mol. The number of anilines is 1. The predicted molar refractivity (Wildman–Crippen MR) is 92.9 cm³/mol. The van der Waals surface area contributed by atoms with Gasteiger partial charge in [-0.3, -0.25) is 9.10 Å². The third kappa shape index (κ3) is 4.51. The van der Waals surface area contributed by atoms with Crippen molar-refractivity contribution in [3.63, 3.8) is 0 Å². The van der Waals surface area contributed by atoms with E-state index in [0.29, 0.717) is 15.9 Å². The molecule has 0 heterocycles. The van der Waals surface area contributed by atoms with Gasteiger partial charge in [-0.05, 0) is 42.8 Å². The van der Waals surface area contributed by atoms with Crippen molar-refractivity contribution >= 4 is 21.6 Å². The smallest absolute Gasteiger partial charge is 0.416 e. The first-order valence-corrected chi connectivity index (χ1v) is 9.04. The maximum atomic E-state index is 13.1. The summed E-state index contributed by atoms with van der Waals surface area (Å²) in [6.07, 6.45) is -4.68. The number of hydrogen-bond donors (Lipinski definition) is 1. The Bertz CT molecular complexity index is 959. The summed E-state index contributed by atoms with van der Waals surface area (Å²) in [4.78, 5) is 11.1. The number of ether oxygens (including phenoxy) is 1. The molecule has 0 aromatic heterocycles. The van der Waals surface area contributed by atoms with Crippen LogP contribution < -0.4 is 14.8 Å². The number of methoxy groups -OCH3 is 1. The van der Waals surface area contributed by atoms with E-state index in [-0.39, 0.29) is 16.3 Å². The molecule has 0 spiro atoms. The first kappa shape index (κ1) is 20.6. The highest BCUT2D eigenvalue weighted by atomic mass is 32.2. The van der Waals surface area contributed by atoms with Crippen LogP contribution in [0.4, 0.5) is 18.9 Å². The number of amides is 1. The van der Waals surface area contributed by atoms with Crippen LogP contribution in [0.1, 0.15) is 11.1 Å². The van der Waals surface area contributed by atoms with E-state index in [4.69, 9.17) is 10.5 Å². The molecule has 0 bridgehead atoms. The minimum Gasteiger partial charge on any atom is -0.495 e. The van der Waals surface area contributed by atoms with Gasteiger partial charge in [-0.2, -0.15) is 13.2 Å². The molecule has 0 saturated heterocycles. The van der Waals surface area contributed by atoms with Crippen LogP contribution in [0.15, 0.2) is 47.4 Å². The zero-order valence-electron chi connectivity index (χ0n) is 14.4. The monoisotopic (exact) mass is 402 g/mol. The van der Waals surface area contributed by atoms with E-state index in [0.717, 1.165) is 18.2 Å². The van der Waals surface area contributed by atoms with Crippen LogP contribution in [0.5, 0.6) is 5.75 Å². The molecule has 2 aromatic carbocycles. The Morgan fingerprint density at radius 1 is 1.19 bits per heavy atom. The molecule has 1 amide bonds. The van der Waals surface area contributed by atoms with Crippen molar-refractivity contribution in [1.29, 1.82) is 0 Å². The number of halogens is 3. The van der Waals surface area contributed by atoms with E-state index in [1.807, 2.05) is 0 Å². The fourth-order valence-electron chi connectivity index (χ4n) is 2.40. The van der Waals surface area contributed by atoms with Gasteiger partial charge >= 0.3 is 6.18 Å². The fourth-order valence-corrected chi connectivity index (χ4v) is 4.06. The summed E-state index contributed by atoms with van der Waals surface area (Å²) in [5.74, 6) is -1.04. The Hall–Kier alpha value is -2.75. The lowest BCUT2D eigenvalue weighted by molar-refractivity contribution is -0.137. The highest BCUT2D eigenvalue weighted by Gasteiger charge is 2.34. The predicted octanol–water partition coefficient (Wildman–Crippen LogP) is 2.70.